The van der Waals surface area contributed by atoms with Crippen LogP contribution in [0, 0.1) is 0 Å². The van der Waals surface area contributed by atoms with E-state index in [9.17, 15) is 8.42 Å². The van der Waals surface area contributed by atoms with E-state index >= 15 is 0 Å². The molecule has 0 spiro atoms. The third kappa shape index (κ3) is 8.08. The van der Waals surface area contributed by atoms with E-state index in [1.807, 2.05) is 36.8 Å². The second kappa shape index (κ2) is 9.55. The molecule has 0 unspecified atom stereocenters. The summed E-state index contributed by atoms with van der Waals surface area (Å²) in [5, 5.41) is 0. The van der Waals surface area contributed by atoms with Gasteiger partial charge in [-0.25, -0.2) is 3.63 Å². The molecule has 0 aliphatic carbocycles. The summed E-state index contributed by atoms with van der Waals surface area (Å²) in [4.78, 5) is 0.830. The molecule has 1 aromatic rings. The Bertz CT molecular complexity index is 568. The normalized spacial score (nSPS) is 13.0. The van der Waals surface area contributed by atoms with E-state index < -0.39 is 20.4 Å². The summed E-state index contributed by atoms with van der Waals surface area (Å²) in [6, 6.07) is 7.55. The van der Waals surface area contributed by atoms with Gasteiger partial charge in [0.2, 0.25) is 0 Å². The number of hydrogen-bond acceptors (Lipinski definition) is 4. The van der Waals surface area contributed by atoms with Crippen molar-refractivity contribution >= 4 is 20.4 Å². The number of unbranched alkanes of at least 4 members (excludes halogenated alkanes) is 5. The first-order chi connectivity index (χ1) is 10.8. The summed E-state index contributed by atoms with van der Waals surface area (Å²) < 4.78 is 34.1. The van der Waals surface area contributed by atoms with E-state index in [0.717, 1.165) is 29.7 Å². The fraction of sp³-hybridized carbons (Fsp3) is 0.647. The van der Waals surface area contributed by atoms with Crippen molar-refractivity contribution in [1.29, 1.82) is 0 Å². The maximum Gasteiger partial charge on any atom is 0.273 e. The highest BCUT2D eigenvalue weighted by atomic mass is 32.3. The van der Waals surface area contributed by atoms with Gasteiger partial charge in [-0.2, -0.15) is 8.42 Å². The quantitative estimate of drug-likeness (QED) is 0.534. The first-order valence-electron chi connectivity index (χ1n) is 8.12. The van der Waals surface area contributed by atoms with Gasteiger partial charge in [-0.3, -0.25) is 0 Å². The molecule has 134 valence electrons. The smallest absolute Gasteiger partial charge is 0.273 e. The highest BCUT2D eigenvalue weighted by Gasteiger charge is 2.24. The summed E-state index contributed by atoms with van der Waals surface area (Å²) in [6.45, 7) is 2.86. The minimum Gasteiger partial charge on any atom is -0.492 e. The van der Waals surface area contributed by atoms with E-state index in [-0.39, 0.29) is 0 Å². The Balaban J connectivity index is 2.60. The molecule has 0 fully saturated rings. The van der Waals surface area contributed by atoms with E-state index in [0.29, 0.717) is 6.61 Å². The van der Waals surface area contributed by atoms with Crippen molar-refractivity contribution in [3.8, 4) is 5.75 Å². The number of para-hydroxylation sites is 1. The molecular formula is C17H30O4S2. The third-order valence-electron chi connectivity index (χ3n) is 3.43. The topological polar surface area (TPSA) is 52.6 Å². The Morgan fingerprint density at radius 2 is 1.52 bits per heavy atom. The maximum atomic E-state index is 11.5. The van der Waals surface area contributed by atoms with Crippen molar-refractivity contribution in [2.24, 2.45) is 0 Å². The molecule has 0 radical (unpaired) electrons. The molecule has 0 bridgehead atoms. The summed E-state index contributed by atoms with van der Waals surface area (Å²) in [5.41, 5.74) is 0. The summed E-state index contributed by atoms with van der Waals surface area (Å²) in [5.74, 6) is 0.727. The second-order valence-electron chi connectivity index (χ2n) is 6.07. The average molecular weight is 363 g/mol. The van der Waals surface area contributed by atoms with Crippen LogP contribution < -0.4 is 4.74 Å². The second-order valence-corrected chi connectivity index (χ2v) is 10.9. The number of hydrogen-bond donors (Lipinski definition) is 0. The minimum atomic E-state index is -3.50. The van der Waals surface area contributed by atoms with Crippen LogP contribution in [0.3, 0.4) is 0 Å². The lowest BCUT2D eigenvalue weighted by Crippen LogP contribution is -2.10. The van der Waals surface area contributed by atoms with Crippen LogP contribution in [0.1, 0.15) is 45.4 Å². The van der Waals surface area contributed by atoms with Crippen LogP contribution in [0.5, 0.6) is 5.75 Å². The molecule has 0 atom stereocenters. The average Bonchev–Trinajstić information content (AvgIpc) is 2.44. The van der Waals surface area contributed by atoms with Crippen molar-refractivity contribution in [3.63, 3.8) is 0 Å². The Hall–Kier alpha value is -0.720. The zero-order valence-electron chi connectivity index (χ0n) is 14.7. The molecule has 0 N–H and O–H groups in total. The number of ether oxygens (including phenoxy) is 1. The molecular weight excluding hydrogens is 332 g/mol. The first-order valence-corrected chi connectivity index (χ1v) is 12.3. The summed E-state index contributed by atoms with van der Waals surface area (Å²) >= 11 is 0. The molecule has 0 aliphatic heterocycles. The molecule has 23 heavy (non-hydrogen) atoms. The van der Waals surface area contributed by atoms with Gasteiger partial charge in [0.15, 0.2) is 0 Å². The van der Waals surface area contributed by atoms with Gasteiger partial charge in [0.25, 0.3) is 10.1 Å². The predicted octanol–water partition coefficient (Wildman–Crippen LogP) is 4.74. The van der Waals surface area contributed by atoms with E-state index in [4.69, 9.17) is 8.37 Å². The Morgan fingerprint density at radius 1 is 0.913 bits per heavy atom. The van der Waals surface area contributed by atoms with E-state index in [1.54, 1.807) is 0 Å². The van der Waals surface area contributed by atoms with Gasteiger partial charge >= 0.3 is 0 Å². The van der Waals surface area contributed by atoms with Crippen molar-refractivity contribution < 1.29 is 16.8 Å². The summed E-state index contributed by atoms with van der Waals surface area (Å²) in [6.07, 6.45) is 12.0. The first kappa shape index (κ1) is 20.3. The lowest BCUT2D eigenvalue weighted by Gasteiger charge is -2.31. The molecule has 1 aromatic carbocycles. The van der Waals surface area contributed by atoms with Crippen molar-refractivity contribution in [2.75, 3.05) is 25.4 Å². The van der Waals surface area contributed by atoms with Crippen LogP contribution in [0.25, 0.3) is 0 Å². The molecule has 0 aliphatic rings. The zero-order chi connectivity index (χ0) is 17.3. The molecule has 6 heteroatoms. The van der Waals surface area contributed by atoms with Crippen LogP contribution >= 0.6 is 10.3 Å². The SMILES string of the molecule is CCCCCCCCOc1ccccc1S(C)(C)OS(C)(=O)=O. The van der Waals surface area contributed by atoms with Crippen LogP contribution in [0.4, 0.5) is 0 Å². The standard InChI is InChI=1S/C17H30O4S2/c1-5-6-7-8-9-12-15-20-16-13-10-11-14-17(16)22(2,3)21-23(4,18)19/h10-11,13-14H,5-9,12,15H2,1-4H3. The molecule has 0 saturated heterocycles. The van der Waals surface area contributed by atoms with Crippen LogP contribution in [0.15, 0.2) is 29.2 Å². The van der Waals surface area contributed by atoms with Crippen molar-refractivity contribution in [3.05, 3.63) is 24.3 Å². The monoisotopic (exact) mass is 362 g/mol. The van der Waals surface area contributed by atoms with Gasteiger partial charge in [0.05, 0.1) is 17.8 Å². The molecule has 1 rings (SSSR count). The highest BCUT2D eigenvalue weighted by Crippen LogP contribution is 2.55. The van der Waals surface area contributed by atoms with Crippen LogP contribution in [-0.4, -0.2) is 33.8 Å². The molecule has 4 nitrogen and oxygen atoms in total. The van der Waals surface area contributed by atoms with Gasteiger partial charge in [0.1, 0.15) is 5.75 Å². The fourth-order valence-electron chi connectivity index (χ4n) is 2.39. The van der Waals surface area contributed by atoms with Crippen molar-refractivity contribution in [2.45, 2.75) is 50.3 Å². The third-order valence-corrected chi connectivity index (χ3v) is 7.17. The maximum absolute atomic E-state index is 11.5. The Morgan fingerprint density at radius 3 is 2.17 bits per heavy atom. The molecule has 0 aromatic heterocycles. The molecule has 0 saturated carbocycles. The molecule has 0 amide bonds. The predicted molar refractivity (Wildman–Crippen MR) is 98.9 cm³/mol. The van der Waals surface area contributed by atoms with E-state index in [1.165, 1.54) is 25.7 Å². The number of rotatable bonds is 11. The van der Waals surface area contributed by atoms with Crippen LogP contribution in [-0.2, 0) is 13.7 Å². The summed E-state index contributed by atoms with van der Waals surface area (Å²) in [7, 11) is -5.42. The van der Waals surface area contributed by atoms with E-state index in [2.05, 4.69) is 6.92 Å². The lowest BCUT2D eigenvalue weighted by molar-refractivity contribution is 0.297. The number of benzene rings is 1. The van der Waals surface area contributed by atoms with Crippen LogP contribution in [0.2, 0.25) is 0 Å². The largest absolute Gasteiger partial charge is 0.492 e. The van der Waals surface area contributed by atoms with Gasteiger partial charge in [0, 0.05) is 0 Å². The Labute approximate surface area is 143 Å². The van der Waals surface area contributed by atoms with Gasteiger partial charge in [-0.1, -0.05) is 61.5 Å². The minimum absolute atomic E-state index is 0.650. The fourth-order valence-corrected chi connectivity index (χ4v) is 6.17. The molecule has 0 heterocycles. The van der Waals surface area contributed by atoms with Gasteiger partial charge < -0.3 is 4.74 Å². The zero-order valence-corrected chi connectivity index (χ0v) is 16.3. The van der Waals surface area contributed by atoms with Gasteiger partial charge in [-0.15, -0.1) is 0 Å². The van der Waals surface area contributed by atoms with Gasteiger partial charge in [-0.05, 0) is 31.1 Å². The Kier molecular flexibility index (Phi) is 8.44. The van der Waals surface area contributed by atoms with Crippen molar-refractivity contribution in [1.82, 2.24) is 0 Å². The lowest BCUT2D eigenvalue weighted by atomic mass is 10.1. The highest BCUT2D eigenvalue weighted by molar-refractivity contribution is 8.32.